The third-order valence-corrected chi connectivity index (χ3v) is 6.76. The predicted octanol–water partition coefficient (Wildman–Crippen LogP) is 3.02. The number of nitrogens with two attached hydrogens (primary N) is 1. The molecule has 0 radical (unpaired) electrons. The lowest BCUT2D eigenvalue weighted by Gasteiger charge is -2.49. The van der Waals surface area contributed by atoms with E-state index in [1.165, 1.54) is 69.3 Å². The Kier molecular flexibility index (Phi) is 5.88. The van der Waals surface area contributed by atoms with Crippen molar-refractivity contribution in [3.63, 3.8) is 0 Å². The normalized spacial score (nSPS) is 30.9. The van der Waals surface area contributed by atoms with Crippen LogP contribution < -0.4 is 5.73 Å². The SMILES string of the molecule is NCCN(C1CCCCC1)C1CCOC2(CCSCC2)C1. The molecule has 3 fully saturated rings. The summed E-state index contributed by atoms with van der Waals surface area (Å²) in [4.78, 5) is 2.78. The first-order valence-electron chi connectivity index (χ1n) is 9.00. The topological polar surface area (TPSA) is 38.5 Å². The summed E-state index contributed by atoms with van der Waals surface area (Å²) in [5.41, 5.74) is 6.14. The standard InChI is InChI=1S/C17H32N2OS/c18-9-10-19(15-4-2-1-3-5-15)16-6-11-20-17(14-16)7-12-21-13-8-17/h15-16H,1-14,18H2. The van der Waals surface area contributed by atoms with E-state index in [9.17, 15) is 0 Å². The fourth-order valence-electron chi connectivity index (χ4n) is 4.60. The Labute approximate surface area is 134 Å². The second-order valence-corrected chi connectivity index (χ2v) is 8.33. The maximum absolute atomic E-state index is 6.28. The average molecular weight is 313 g/mol. The van der Waals surface area contributed by atoms with Gasteiger partial charge in [0.05, 0.1) is 5.60 Å². The molecule has 0 bridgehead atoms. The van der Waals surface area contributed by atoms with Gasteiger partial charge in [-0.15, -0.1) is 0 Å². The summed E-state index contributed by atoms with van der Waals surface area (Å²) in [6.45, 7) is 2.85. The molecule has 1 saturated carbocycles. The Balaban J connectivity index is 1.66. The molecule has 0 aromatic carbocycles. The van der Waals surface area contributed by atoms with Gasteiger partial charge in [0, 0.05) is 31.8 Å². The van der Waals surface area contributed by atoms with Gasteiger partial charge in [-0.1, -0.05) is 19.3 Å². The van der Waals surface area contributed by atoms with E-state index in [4.69, 9.17) is 10.5 Å². The van der Waals surface area contributed by atoms with Gasteiger partial charge >= 0.3 is 0 Å². The fraction of sp³-hybridized carbons (Fsp3) is 1.00. The summed E-state index contributed by atoms with van der Waals surface area (Å²) in [5.74, 6) is 2.57. The van der Waals surface area contributed by atoms with Crippen molar-refractivity contribution in [1.29, 1.82) is 0 Å². The largest absolute Gasteiger partial charge is 0.375 e. The number of hydrogen-bond acceptors (Lipinski definition) is 4. The summed E-state index contributed by atoms with van der Waals surface area (Å²) in [5, 5.41) is 0. The number of nitrogens with zero attached hydrogens (tertiary/aromatic N) is 1. The van der Waals surface area contributed by atoms with Crippen LogP contribution in [-0.2, 0) is 4.74 Å². The molecule has 1 aliphatic carbocycles. The highest BCUT2D eigenvalue weighted by Gasteiger charge is 2.41. The van der Waals surface area contributed by atoms with Crippen LogP contribution in [0.1, 0.15) is 57.8 Å². The first-order chi connectivity index (χ1) is 10.3. The predicted molar refractivity (Wildman–Crippen MR) is 90.9 cm³/mol. The van der Waals surface area contributed by atoms with Gasteiger partial charge in [0.2, 0.25) is 0 Å². The monoisotopic (exact) mass is 312 g/mol. The summed E-state index contributed by atoms with van der Waals surface area (Å²) < 4.78 is 6.28. The molecular formula is C17H32N2OS. The third kappa shape index (κ3) is 3.95. The minimum absolute atomic E-state index is 0.204. The zero-order valence-electron chi connectivity index (χ0n) is 13.4. The highest BCUT2D eigenvalue weighted by atomic mass is 32.2. The van der Waals surface area contributed by atoms with E-state index in [2.05, 4.69) is 16.7 Å². The van der Waals surface area contributed by atoms with E-state index in [-0.39, 0.29) is 5.60 Å². The molecule has 2 N–H and O–H groups in total. The molecule has 1 unspecified atom stereocenters. The van der Waals surface area contributed by atoms with Crippen molar-refractivity contribution >= 4 is 11.8 Å². The van der Waals surface area contributed by atoms with Gasteiger partial charge in [0.15, 0.2) is 0 Å². The molecule has 3 nitrogen and oxygen atoms in total. The van der Waals surface area contributed by atoms with Crippen molar-refractivity contribution in [3.05, 3.63) is 0 Å². The van der Waals surface area contributed by atoms with Gasteiger partial charge in [-0.3, -0.25) is 4.90 Å². The van der Waals surface area contributed by atoms with Gasteiger partial charge < -0.3 is 10.5 Å². The number of ether oxygens (including phenoxy) is 1. The third-order valence-electron chi connectivity index (χ3n) is 5.77. The minimum Gasteiger partial charge on any atom is -0.375 e. The Morgan fingerprint density at radius 2 is 1.81 bits per heavy atom. The number of rotatable bonds is 4. The van der Waals surface area contributed by atoms with Crippen molar-refractivity contribution in [3.8, 4) is 0 Å². The summed E-state index contributed by atoms with van der Waals surface area (Å²) in [6.07, 6.45) is 12.0. The molecule has 2 heterocycles. The second kappa shape index (κ2) is 7.67. The highest BCUT2D eigenvalue weighted by Crippen LogP contribution is 2.40. The summed E-state index contributed by atoms with van der Waals surface area (Å²) >= 11 is 2.10. The van der Waals surface area contributed by atoms with E-state index < -0.39 is 0 Å². The Bertz CT molecular complexity index is 308. The molecule has 0 amide bonds. The van der Waals surface area contributed by atoms with Crippen LogP contribution in [0.5, 0.6) is 0 Å². The van der Waals surface area contributed by atoms with Crippen LogP contribution in [-0.4, -0.2) is 53.8 Å². The van der Waals surface area contributed by atoms with E-state index >= 15 is 0 Å². The molecule has 2 aliphatic heterocycles. The molecule has 122 valence electrons. The van der Waals surface area contributed by atoms with Crippen LogP contribution in [0.2, 0.25) is 0 Å². The van der Waals surface area contributed by atoms with E-state index in [1.54, 1.807) is 0 Å². The molecule has 0 aromatic rings. The van der Waals surface area contributed by atoms with Crippen LogP contribution in [0.3, 0.4) is 0 Å². The molecule has 3 rings (SSSR count). The van der Waals surface area contributed by atoms with Gasteiger partial charge in [0.1, 0.15) is 0 Å². The van der Waals surface area contributed by atoms with E-state index in [1.807, 2.05) is 0 Å². The van der Waals surface area contributed by atoms with E-state index in [0.29, 0.717) is 6.04 Å². The smallest absolute Gasteiger partial charge is 0.0713 e. The molecule has 21 heavy (non-hydrogen) atoms. The first kappa shape index (κ1) is 16.1. The van der Waals surface area contributed by atoms with Crippen molar-refractivity contribution < 1.29 is 4.74 Å². The van der Waals surface area contributed by atoms with Crippen molar-refractivity contribution in [1.82, 2.24) is 4.90 Å². The molecule has 1 atom stereocenters. The van der Waals surface area contributed by atoms with Crippen LogP contribution in [0, 0.1) is 0 Å². The van der Waals surface area contributed by atoms with Gasteiger partial charge in [-0.2, -0.15) is 11.8 Å². The van der Waals surface area contributed by atoms with Crippen LogP contribution in [0.15, 0.2) is 0 Å². The molecular weight excluding hydrogens is 280 g/mol. The molecule has 1 spiro atoms. The Morgan fingerprint density at radius 1 is 1.05 bits per heavy atom. The minimum atomic E-state index is 0.204. The van der Waals surface area contributed by atoms with E-state index in [0.717, 1.165) is 25.7 Å². The van der Waals surface area contributed by atoms with Crippen molar-refractivity contribution in [2.45, 2.75) is 75.5 Å². The zero-order chi connectivity index (χ0) is 14.5. The van der Waals surface area contributed by atoms with Crippen LogP contribution >= 0.6 is 11.8 Å². The Hall–Kier alpha value is 0.230. The lowest BCUT2D eigenvalue weighted by atomic mass is 9.83. The lowest BCUT2D eigenvalue weighted by molar-refractivity contribution is -0.116. The second-order valence-electron chi connectivity index (χ2n) is 7.11. The highest BCUT2D eigenvalue weighted by molar-refractivity contribution is 7.99. The maximum Gasteiger partial charge on any atom is 0.0713 e. The van der Waals surface area contributed by atoms with Gasteiger partial charge in [0.25, 0.3) is 0 Å². The zero-order valence-corrected chi connectivity index (χ0v) is 14.2. The number of hydrogen-bond donors (Lipinski definition) is 1. The summed E-state index contributed by atoms with van der Waals surface area (Å²) in [7, 11) is 0. The molecule has 0 aromatic heterocycles. The number of thioether (sulfide) groups is 1. The van der Waals surface area contributed by atoms with Crippen molar-refractivity contribution in [2.24, 2.45) is 5.73 Å². The van der Waals surface area contributed by atoms with Crippen molar-refractivity contribution in [2.75, 3.05) is 31.2 Å². The lowest BCUT2D eigenvalue weighted by Crippen LogP contribution is -2.54. The molecule has 3 aliphatic rings. The van der Waals surface area contributed by atoms with Gasteiger partial charge in [-0.25, -0.2) is 0 Å². The fourth-order valence-corrected chi connectivity index (χ4v) is 5.84. The average Bonchev–Trinajstić information content (AvgIpc) is 2.54. The quantitative estimate of drug-likeness (QED) is 0.866. The Morgan fingerprint density at radius 3 is 2.52 bits per heavy atom. The summed E-state index contributed by atoms with van der Waals surface area (Å²) in [6, 6.07) is 1.51. The van der Waals surface area contributed by atoms with Gasteiger partial charge in [-0.05, 0) is 50.0 Å². The van der Waals surface area contributed by atoms with Crippen LogP contribution in [0.4, 0.5) is 0 Å². The maximum atomic E-state index is 6.28. The first-order valence-corrected chi connectivity index (χ1v) is 10.2. The molecule has 2 saturated heterocycles. The van der Waals surface area contributed by atoms with Crippen LogP contribution in [0.25, 0.3) is 0 Å². The molecule has 4 heteroatoms.